The summed E-state index contributed by atoms with van der Waals surface area (Å²) in [6.45, 7) is 7.40. The normalized spacial score (nSPS) is 35.6. The minimum absolute atomic E-state index is 0.421. The van der Waals surface area contributed by atoms with E-state index in [-0.39, 0.29) is 0 Å². The SMILES string of the molecule is CCC(C)NCC1(O)CCC(C)CC1. The molecule has 84 valence electrons. The molecule has 1 aliphatic rings. The molecule has 0 saturated heterocycles. The quantitative estimate of drug-likeness (QED) is 0.728. The molecule has 0 aromatic heterocycles. The van der Waals surface area contributed by atoms with Crippen LogP contribution in [0.4, 0.5) is 0 Å². The van der Waals surface area contributed by atoms with Gasteiger partial charge in [0, 0.05) is 12.6 Å². The zero-order valence-electron chi connectivity index (χ0n) is 9.84. The lowest BCUT2D eigenvalue weighted by molar-refractivity contribution is -0.00784. The summed E-state index contributed by atoms with van der Waals surface area (Å²) in [5.41, 5.74) is -0.421. The van der Waals surface area contributed by atoms with Gasteiger partial charge in [-0.2, -0.15) is 0 Å². The van der Waals surface area contributed by atoms with Crippen LogP contribution in [0.2, 0.25) is 0 Å². The third-order valence-electron chi connectivity index (χ3n) is 3.60. The first-order valence-corrected chi connectivity index (χ1v) is 6.01. The second-order valence-electron chi connectivity index (χ2n) is 5.10. The highest BCUT2D eigenvalue weighted by atomic mass is 16.3. The van der Waals surface area contributed by atoms with Crippen molar-refractivity contribution in [3.8, 4) is 0 Å². The van der Waals surface area contributed by atoms with Crippen LogP contribution in [0, 0.1) is 5.92 Å². The molecule has 14 heavy (non-hydrogen) atoms. The van der Waals surface area contributed by atoms with Crippen LogP contribution in [0.25, 0.3) is 0 Å². The summed E-state index contributed by atoms with van der Waals surface area (Å²) in [7, 11) is 0. The fourth-order valence-corrected chi connectivity index (χ4v) is 1.98. The third-order valence-corrected chi connectivity index (χ3v) is 3.60. The van der Waals surface area contributed by atoms with Crippen molar-refractivity contribution < 1.29 is 5.11 Å². The molecule has 0 spiro atoms. The molecule has 0 amide bonds. The van der Waals surface area contributed by atoms with E-state index >= 15 is 0 Å². The van der Waals surface area contributed by atoms with E-state index in [1.54, 1.807) is 0 Å². The van der Waals surface area contributed by atoms with Crippen molar-refractivity contribution in [3.63, 3.8) is 0 Å². The predicted molar refractivity (Wildman–Crippen MR) is 60.3 cm³/mol. The lowest BCUT2D eigenvalue weighted by Crippen LogP contribution is -2.45. The second-order valence-corrected chi connectivity index (χ2v) is 5.10. The molecule has 0 radical (unpaired) electrons. The predicted octanol–water partition coefficient (Wildman–Crippen LogP) is 2.32. The number of nitrogens with one attached hydrogen (secondary N) is 1. The summed E-state index contributed by atoms with van der Waals surface area (Å²) in [6, 6.07) is 0.526. The molecule has 0 aliphatic heterocycles. The smallest absolute Gasteiger partial charge is 0.0771 e. The molecule has 1 saturated carbocycles. The molecule has 0 bridgehead atoms. The Morgan fingerprint density at radius 3 is 2.50 bits per heavy atom. The molecule has 2 N–H and O–H groups in total. The Balaban J connectivity index is 2.28. The maximum Gasteiger partial charge on any atom is 0.0771 e. The Morgan fingerprint density at radius 1 is 1.43 bits per heavy atom. The number of rotatable bonds is 4. The van der Waals surface area contributed by atoms with E-state index in [4.69, 9.17) is 0 Å². The van der Waals surface area contributed by atoms with Gasteiger partial charge in [0.05, 0.1) is 5.60 Å². The van der Waals surface area contributed by atoms with Gasteiger partial charge in [0.1, 0.15) is 0 Å². The molecule has 1 aliphatic carbocycles. The first kappa shape index (κ1) is 12.0. The van der Waals surface area contributed by atoms with Crippen LogP contribution in [-0.2, 0) is 0 Å². The summed E-state index contributed by atoms with van der Waals surface area (Å²) in [5, 5.41) is 13.7. The van der Waals surface area contributed by atoms with Gasteiger partial charge in [0.25, 0.3) is 0 Å². The molecule has 1 atom stereocenters. The van der Waals surface area contributed by atoms with Gasteiger partial charge in [-0.25, -0.2) is 0 Å². The zero-order valence-corrected chi connectivity index (χ0v) is 9.84. The van der Waals surface area contributed by atoms with Crippen LogP contribution in [-0.4, -0.2) is 23.3 Å². The fourth-order valence-electron chi connectivity index (χ4n) is 1.98. The molecule has 2 heteroatoms. The molecule has 1 rings (SSSR count). The Bertz CT molecular complexity index is 162. The highest BCUT2D eigenvalue weighted by Crippen LogP contribution is 2.31. The molecule has 1 fully saturated rings. The van der Waals surface area contributed by atoms with Crippen LogP contribution >= 0.6 is 0 Å². The van der Waals surface area contributed by atoms with Crippen LogP contribution < -0.4 is 5.32 Å². The summed E-state index contributed by atoms with van der Waals surface area (Å²) >= 11 is 0. The highest BCUT2D eigenvalue weighted by Gasteiger charge is 2.31. The van der Waals surface area contributed by atoms with Gasteiger partial charge in [-0.15, -0.1) is 0 Å². The monoisotopic (exact) mass is 199 g/mol. The first-order valence-electron chi connectivity index (χ1n) is 6.01. The summed E-state index contributed by atoms with van der Waals surface area (Å²) in [6.07, 6.45) is 5.43. The van der Waals surface area contributed by atoms with Crippen molar-refractivity contribution >= 4 is 0 Å². The van der Waals surface area contributed by atoms with Crippen LogP contribution in [0.3, 0.4) is 0 Å². The largest absolute Gasteiger partial charge is 0.389 e. The molecular formula is C12H25NO. The fraction of sp³-hybridized carbons (Fsp3) is 1.00. The van der Waals surface area contributed by atoms with E-state index in [0.29, 0.717) is 6.04 Å². The van der Waals surface area contributed by atoms with Crippen LogP contribution in [0.5, 0.6) is 0 Å². The number of hydrogen-bond donors (Lipinski definition) is 2. The second kappa shape index (κ2) is 5.13. The van der Waals surface area contributed by atoms with Crippen molar-refractivity contribution in [1.29, 1.82) is 0 Å². The Labute approximate surface area is 88.1 Å². The lowest BCUT2D eigenvalue weighted by atomic mass is 9.79. The Kier molecular flexibility index (Phi) is 4.39. The minimum atomic E-state index is -0.421. The Hall–Kier alpha value is -0.0800. The summed E-state index contributed by atoms with van der Waals surface area (Å²) < 4.78 is 0. The summed E-state index contributed by atoms with van der Waals surface area (Å²) in [4.78, 5) is 0. The van der Waals surface area contributed by atoms with Gasteiger partial charge >= 0.3 is 0 Å². The Morgan fingerprint density at radius 2 is 2.00 bits per heavy atom. The van der Waals surface area contributed by atoms with Crippen molar-refractivity contribution in [2.75, 3.05) is 6.54 Å². The van der Waals surface area contributed by atoms with Gasteiger partial charge in [-0.3, -0.25) is 0 Å². The average molecular weight is 199 g/mol. The molecule has 0 aromatic carbocycles. The highest BCUT2D eigenvalue weighted by molar-refractivity contribution is 4.86. The topological polar surface area (TPSA) is 32.3 Å². The maximum absolute atomic E-state index is 10.3. The van der Waals surface area contributed by atoms with Gasteiger partial charge in [-0.1, -0.05) is 13.8 Å². The number of hydrogen-bond acceptors (Lipinski definition) is 2. The third kappa shape index (κ3) is 3.58. The molecule has 0 aromatic rings. The van der Waals surface area contributed by atoms with E-state index in [0.717, 1.165) is 31.7 Å². The van der Waals surface area contributed by atoms with Crippen molar-refractivity contribution in [2.24, 2.45) is 5.92 Å². The van der Waals surface area contributed by atoms with Crippen molar-refractivity contribution in [1.82, 2.24) is 5.32 Å². The van der Waals surface area contributed by atoms with E-state index in [9.17, 15) is 5.11 Å². The molecule has 1 unspecified atom stereocenters. The number of aliphatic hydroxyl groups is 1. The van der Waals surface area contributed by atoms with Gasteiger partial charge in [0.2, 0.25) is 0 Å². The van der Waals surface area contributed by atoms with Crippen molar-refractivity contribution in [3.05, 3.63) is 0 Å². The van der Waals surface area contributed by atoms with Gasteiger partial charge < -0.3 is 10.4 Å². The van der Waals surface area contributed by atoms with Crippen LogP contribution in [0.1, 0.15) is 52.9 Å². The summed E-state index contributed by atoms with van der Waals surface area (Å²) in [5.74, 6) is 0.805. The molecule has 2 nitrogen and oxygen atoms in total. The van der Waals surface area contributed by atoms with E-state index in [1.807, 2.05) is 0 Å². The lowest BCUT2D eigenvalue weighted by Gasteiger charge is -2.35. The minimum Gasteiger partial charge on any atom is -0.389 e. The van der Waals surface area contributed by atoms with E-state index in [1.165, 1.54) is 12.8 Å². The first-order chi connectivity index (χ1) is 6.56. The molecule has 0 heterocycles. The zero-order chi connectivity index (χ0) is 10.6. The molecular weight excluding hydrogens is 174 g/mol. The van der Waals surface area contributed by atoms with E-state index in [2.05, 4.69) is 26.1 Å². The van der Waals surface area contributed by atoms with E-state index < -0.39 is 5.60 Å². The van der Waals surface area contributed by atoms with Crippen molar-refractivity contribution in [2.45, 2.75) is 64.5 Å². The average Bonchev–Trinajstić information content (AvgIpc) is 2.20. The van der Waals surface area contributed by atoms with Gasteiger partial charge in [0.15, 0.2) is 0 Å². The van der Waals surface area contributed by atoms with Gasteiger partial charge in [-0.05, 0) is 44.9 Å². The van der Waals surface area contributed by atoms with Crippen LogP contribution in [0.15, 0.2) is 0 Å². The maximum atomic E-state index is 10.3. The standard InChI is InChI=1S/C12H25NO/c1-4-11(3)13-9-12(14)7-5-10(2)6-8-12/h10-11,13-14H,4-9H2,1-3H3.